The molecule has 0 fully saturated rings. The van der Waals surface area contributed by atoms with Crippen molar-refractivity contribution in [1.29, 1.82) is 10.5 Å². The van der Waals surface area contributed by atoms with Gasteiger partial charge in [0.05, 0.1) is 10.2 Å². The van der Waals surface area contributed by atoms with Gasteiger partial charge in [0.15, 0.2) is 18.1 Å². The summed E-state index contributed by atoms with van der Waals surface area (Å²) in [5.74, 6) is -0.237. The number of benzene rings is 1. The largest absolute Gasteiger partial charge is 0.490 e. The fraction of sp³-hybridized carbons (Fsp3) is 0.176. The number of primary amides is 1. The highest BCUT2D eigenvalue weighted by Crippen LogP contribution is 2.39. The van der Waals surface area contributed by atoms with Crippen LogP contribution < -0.4 is 26.5 Å². The number of hydrogen-bond acceptors (Lipinski definition) is 7. The van der Waals surface area contributed by atoms with E-state index in [1.54, 1.807) is 19.1 Å². The number of H-pyrrole nitrogens is 1. The van der Waals surface area contributed by atoms with E-state index in [9.17, 15) is 20.1 Å². The Morgan fingerprint density at radius 1 is 1.26 bits per heavy atom. The molecule has 1 aromatic heterocycles. The Morgan fingerprint density at radius 3 is 2.48 bits per heavy atom. The lowest BCUT2D eigenvalue weighted by Gasteiger charge is -2.16. The third-order valence-electron chi connectivity index (χ3n) is 3.43. The fourth-order valence-corrected chi connectivity index (χ4v) is 3.15. The second-order valence-electron chi connectivity index (χ2n) is 5.19. The minimum Gasteiger partial charge on any atom is -0.490 e. The van der Waals surface area contributed by atoms with Gasteiger partial charge in [-0.25, -0.2) is 0 Å². The van der Waals surface area contributed by atoms with Crippen LogP contribution in [0.1, 0.15) is 18.1 Å². The van der Waals surface area contributed by atoms with Gasteiger partial charge in [-0.1, -0.05) is 0 Å². The van der Waals surface area contributed by atoms with E-state index >= 15 is 0 Å². The number of carbonyl (C=O) groups excluding carboxylic acids is 1. The second-order valence-corrected chi connectivity index (χ2v) is 6.35. The lowest BCUT2D eigenvalue weighted by atomic mass is 9.96. The zero-order valence-corrected chi connectivity index (χ0v) is 16.3. The first kappa shape index (κ1) is 20.1. The van der Waals surface area contributed by atoms with Gasteiger partial charge in [-0.2, -0.15) is 10.5 Å². The molecule has 2 aromatic rings. The average Bonchev–Trinajstić information content (AvgIpc) is 2.60. The first-order valence-electron chi connectivity index (χ1n) is 7.57. The number of aromatic nitrogens is 1. The molecule has 0 saturated heterocycles. The minimum atomic E-state index is -0.703. The van der Waals surface area contributed by atoms with Crippen LogP contribution in [0, 0.1) is 26.2 Å². The van der Waals surface area contributed by atoms with Gasteiger partial charge in [-0.15, -0.1) is 0 Å². The maximum Gasteiger partial charge on any atom is 0.268 e. The van der Waals surface area contributed by atoms with Gasteiger partial charge in [-0.05, 0) is 47.2 Å². The molecule has 138 valence electrons. The van der Waals surface area contributed by atoms with Gasteiger partial charge in [0, 0.05) is 5.56 Å². The Hall–Kier alpha value is -3.25. The molecule has 27 heavy (non-hydrogen) atoms. The molecule has 0 unspecified atom stereocenters. The Balaban J connectivity index is 2.78. The summed E-state index contributed by atoms with van der Waals surface area (Å²) in [6.07, 6.45) is 0. The molecular formula is C17H14IN5O4. The number of nitrogens with zero attached hydrogens (tertiary/aromatic N) is 2. The lowest BCUT2D eigenvalue weighted by molar-refractivity contribution is -0.119. The van der Waals surface area contributed by atoms with Gasteiger partial charge < -0.3 is 25.9 Å². The highest BCUT2D eigenvalue weighted by Gasteiger charge is 2.21. The number of carbonyl (C=O) groups is 1. The van der Waals surface area contributed by atoms with Crippen molar-refractivity contribution in [3.05, 3.63) is 37.2 Å². The zero-order chi connectivity index (χ0) is 20.1. The number of nitrogens with one attached hydrogen (secondary N) is 1. The quantitative estimate of drug-likeness (QED) is 0.524. The van der Waals surface area contributed by atoms with Crippen molar-refractivity contribution < 1.29 is 14.3 Å². The molecule has 1 heterocycles. The molecule has 0 radical (unpaired) electrons. The van der Waals surface area contributed by atoms with Gasteiger partial charge >= 0.3 is 0 Å². The van der Waals surface area contributed by atoms with Crippen LogP contribution in [-0.4, -0.2) is 24.1 Å². The Kier molecular flexibility index (Phi) is 6.26. The zero-order valence-electron chi connectivity index (χ0n) is 14.1. The first-order valence-corrected chi connectivity index (χ1v) is 8.65. The summed E-state index contributed by atoms with van der Waals surface area (Å²) in [4.78, 5) is 25.4. The molecule has 0 aliphatic rings. The van der Waals surface area contributed by atoms with Crippen LogP contribution in [0.3, 0.4) is 0 Å². The van der Waals surface area contributed by atoms with Gasteiger partial charge in [0.2, 0.25) is 0 Å². The Bertz CT molecular complexity index is 1050. The van der Waals surface area contributed by atoms with Crippen LogP contribution in [0.25, 0.3) is 11.1 Å². The van der Waals surface area contributed by atoms with Crippen molar-refractivity contribution in [2.45, 2.75) is 6.92 Å². The number of anilines is 1. The molecule has 5 N–H and O–H groups in total. The summed E-state index contributed by atoms with van der Waals surface area (Å²) in [6.45, 7) is 1.70. The SMILES string of the molecule is CCOc1cc(-c2c(C#N)c(N)[nH]c(=O)c2C#N)cc(I)c1OCC(N)=O. The average molecular weight is 479 g/mol. The first-order chi connectivity index (χ1) is 12.8. The second kappa shape index (κ2) is 8.42. The van der Waals surface area contributed by atoms with Crippen molar-refractivity contribution in [3.8, 4) is 34.8 Å². The molecule has 10 heteroatoms. The van der Waals surface area contributed by atoms with E-state index < -0.39 is 11.5 Å². The summed E-state index contributed by atoms with van der Waals surface area (Å²) >= 11 is 1.95. The molecule has 1 aromatic carbocycles. The van der Waals surface area contributed by atoms with Gasteiger partial charge in [0.1, 0.15) is 29.1 Å². The van der Waals surface area contributed by atoms with Crippen LogP contribution in [0.5, 0.6) is 11.5 Å². The number of ether oxygens (including phenoxy) is 2. The van der Waals surface area contributed by atoms with Crippen molar-refractivity contribution in [3.63, 3.8) is 0 Å². The monoisotopic (exact) mass is 479 g/mol. The maximum atomic E-state index is 12.1. The van der Waals surface area contributed by atoms with Crippen molar-refractivity contribution in [2.24, 2.45) is 5.73 Å². The highest BCUT2D eigenvalue weighted by molar-refractivity contribution is 14.1. The topological polar surface area (TPSA) is 168 Å². The molecule has 9 nitrogen and oxygen atoms in total. The molecule has 0 atom stereocenters. The number of nitriles is 2. The number of amides is 1. The number of aromatic amines is 1. The predicted octanol–water partition coefficient (Wildman–Crippen LogP) is 1.23. The summed E-state index contributed by atoms with van der Waals surface area (Å²) < 4.78 is 11.5. The number of nitrogens with two attached hydrogens (primary N) is 2. The van der Waals surface area contributed by atoms with Gasteiger partial charge in [-0.3, -0.25) is 9.59 Å². The number of hydrogen-bond donors (Lipinski definition) is 3. The molecule has 0 aliphatic carbocycles. The van der Waals surface area contributed by atoms with Crippen molar-refractivity contribution in [2.75, 3.05) is 18.9 Å². The molecule has 0 saturated carbocycles. The predicted molar refractivity (Wildman–Crippen MR) is 105 cm³/mol. The van der Waals surface area contributed by atoms with Crippen LogP contribution in [0.4, 0.5) is 5.82 Å². The molecule has 0 aliphatic heterocycles. The summed E-state index contributed by atoms with van der Waals surface area (Å²) in [6, 6.07) is 6.82. The number of pyridine rings is 1. The van der Waals surface area contributed by atoms with Crippen molar-refractivity contribution >= 4 is 34.3 Å². The van der Waals surface area contributed by atoms with E-state index in [1.165, 1.54) is 6.07 Å². The lowest BCUT2D eigenvalue weighted by Crippen LogP contribution is -2.20. The van der Waals surface area contributed by atoms with E-state index in [-0.39, 0.29) is 40.6 Å². The van der Waals surface area contributed by atoms with Crippen molar-refractivity contribution in [1.82, 2.24) is 4.98 Å². The minimum absolute atomic E-state index is 0.0322. The highest BCUT2D eigenvalue weighted by atomic mass is 127. The molecule has 2 rings (SSSR count). The summed E-state index contributed by atoms with van der Waals surface area (Å²) in [5, 5.41) is 18.8. The number of rotatable bonds is 6. The molecular weight excluding hydrogens is 465 g/mol. The normalized spacial score (nSPS) is 9.93. The number of halogens is 1. The van der Waals surface area contributed by atoms with E-state index in [2.05, 4.69) is 4.98 Å². The van der Waals surface area contributed by atoms with E-state index in [1.807, 2.05) is 28.7 Å². The number of nitrogen functional groups attached to an aromatic ring is 1. The fourth-order valence-electron chi connectivity index (χ4n) is 2.39. The third-order valence-corrected chi connectivity index (χ3v) is 4.23. The third kappa shape index (κ3) is 4.12. The Morgan fingerprint density at radius 2 is 1.93 bits per heavy atom. The molecule has 0 spiro atoms. The smallest absolute Gasteiger partial charge is 0.268 e. The van der Waals surface area contributed by atoms with E-state index in [4.69, 9.17) is 20.9 Å². The van der Waals surface area contributed by atoms with Gasteiger partial charge in [0.25, 0.3) is 11.5 Å². The summed E-state index contributed by atoms with van der Waals surface area (Å²) in [5.41, 5.74) is 10.3. The molecule has 1 amide bonds. The van der Waals surface area contributed by atoms with Crippen LogP contribution in [0.2, 0.25) is 0 Å². The summed E-state index contributed by atoms with van der Waals surface area (Å²) in [7, 11) is 0. The van der Waals surface area contributed by atoms with Crippen LogP contribution >= 0.6 is 22.6 Å². The standard InChI is InChI=1S/C17H14IN5O4/c1-2-26-12-4-8(3-11(18)15(12)27-7-13(21)24)14-9(5-19)16(22)23-17(25)10(14)6-20/h3-4H,2,7H2,1H3,(H2,21,24)(H3,22,23,25). The van der Waals surface area contributed by atoms with Crippen LogP contribution in [0.15, 0.2) is 16.9 Å². The van der Waals surface area contributed by atoms with E-state index in [0.717, 1.165) is 0 Å². The molecule has 0 bridgehead atoms. The maximum absolute atomic E-state index is 12.1. The Labute approximate surface area is 167 Å². The van der Waals surface area contributed by atoms with E-state index in [0.29, 0.717) is 15.7 Å². The van der Waals surface area contributed by atoms with Crippen LogP contribution in [-0.2, 0) is 4.79 Å².